The molecular weight excluding hydrogens is 460 g/mol. The fraction of sp³-hybridized carbons (Fsp3) is 0.556. The van der Waals surface area contributed by atoms with Gasteiger partial charge in [-0.25, -0.2) is 4.79 Å². The molecule has 0 aliphatic carbocycles. The Kier molecular flexibility index (Phi) is 10.7. The normalized spacial score (nSPS) is 13.2. The summed E-state index contributed by atoms with van der Waals surface area (Å²) in [7, 11) is 0. The van der Waals surface area contributed by atoms with Gasteiger partial charge in [0.25, 0.3) is 0 Å². The van der Waals surface area contributed by atoms with Crippen molar-refractivity contribution in [2.24, 2.45) is 5.73 Å². The van der Waals surface area contributed by atoms with Crippen molar-refractivity contribution < 1.29 is 23.9 Å². The highest BCUT2D eigenvalue weighted by molar-refractivity contribution is 5.92. The molecule has 4 amide bonds. The summed E-state index contributed by atoms with van der Waals surface area (Å²) in [6.07, 6.45) is 0.500. The van der Waals surface area contributed by atoms with Crippen LogP contribution in [-0.2, 0) is 19.1 Å². The molecule has 0 bridgehead atoms. The van der Waals surface area contributed by atoms with E-state index in [0.29, 0.717) is 5.56 Å². The molecule has 0 saturated heterocycles. The van der Waals surface area contributed by atoms with Crippen LogP contribution in [0.1, 0.15) is 77.1 Å². The first kappa shape index (κ1) is 30.7. The average molecular weight is 503 g/mol. The molecule has 0 saturated carbocycles. The van der Waals surface area contributed by atoms with Gasteiger partial charge in [-0.1, -0.05) is 35.4 Å². The number of carbonyl (C=O) groups excluding carboxylic acids is 4. The topological polar surface area (TPSA) is 131 Å². The second-order valence-electron chi connectivity index (χ2n) is 11.0. The van der Waals surface area contributed by atoms with Gasteiger partial charge in [0.1, 0.15) is 17.7 Å². The van der Waals surface area contributed by atoms with Crippen LogP contribution in [0.5, 0.6) is 0 Å². The van der Waals surface area contributed by atoms with Crippen LogP contribution in [-0.4, -0.2) is 52.4 Å². The van der Waals surface area contributed by atoms with E-state index >= 15 is 0 Å². The lowest BCUT2D eigenvalue weighted by atomic mass is 9.97. The van der Waals surface area contributed by atoms with E-state index < -0.39 is 41.1 Å². The average Bonchev–Trinajstić information content (AvgIpc) is 2.66. The maximum absolute atomic E-state index is 13.9. The lowest BCUT2D eigenvalue weighted by molar-refractivity contribution is -0.142. The minimum Gasteiger partial charge on any atom is -0.444 e. The summed E-state index contributed by atoms with van der Waals surface area (Å²) in [6.45, 7) is 18.3. The molecule has 1 aromatic rings. The molecule has 0 heterocycles. The van der Waals surface area contributed by atoms with E-state index in [-0.39, 0.29) is 25.3 Å². The van der Waals surface area contributed by atoms with Gasteiger partial charge in [0.05, 0.1) is 0 Å². The van der Waals surface area contributed by atoms with Crippen molar-refractivity contribution in [1.29, 1.82) is 0 Å². The Morgan fingerprint density at radius 1 is 1.06 bits per heavy atom. The number of hydrogen-bond acceptors (Lipinski definition) is 5. The number of carbonyl (C=O) groups is 4. The lowest BCUT2D eigenvalue weighted by Crippen LogP contribution is -2.54. The van der Waals surface area contributed by atoms with E-state index in [1.807, 2.05) is 52.8 Å². The lowest BCUT2D eigenvalue weighted by Gasteiger charge is -2.35. The molecule has 0 aliphatic rings. The van der Waals surface area contributed by atoms with Crippen LogP contribution >= 0.6 is 0 Å². The predicted octanol–water partition coefficient (Wildman–Crippen LogP) is 3.43. The Morgan fingerprint density at radius 2 is 1.61 bits per heavy atom. The first-order valence-corrected chi connectivity index (χ1v) is 12.0. The number of nitrogens with two attached hydrogens (primary N) is 1. The van der Waals surface area contributed by atoms with E-state index in [1.54, 1.807) is 20.8 Å². The van der Waals surface area contributed by atoms with Crippen molar-refractivity contribution in [3.63, 3.8) is 0 Å². The first-order chi connectivity index (χ1) is 16.4. The molecule has 0 spiro atoms. The number of ether oxygens (including phenoxy) is 1. The monoisotopic (exact) mass is 502 g/mol. The highest BCUT2D eigenvalue weighted by Crippen LogP contribution is 2.26. The van der Waals surface area contributed by atoms with Crippen molar-refractivity contribution in [2.45, 2.75) is 91.5 Å². The molecule has 0 aliphatic heterocycles. The summed E-state index contributed by atoms with van der Waals surface area (Å²) in [4.78, 5) is 52.8. The van der Waals surface area contributed by atoms with E-state index in [0.717, 1.165) is 11.1 Å². The maximum Gasteiger partial charge on any atom is 0.408 e. The number of nitrogens with one attached hydrogen (secondary N) is 2. The number of benzene rings is 1. The summed E-state index contributed by atoms with van der Waals surface area (Å²) in [6, 6.07) is 3.51. The van der Waals surface area contributed by atoms with Crippen LogP contribution < -0.4 is 16.4 Å². The van der Waals surface area contributed by atoms with Gasteiger partial charge in [-0.2, -0.15) is 0 Å². The van der Waals surface area contributed by atoms with E-state index in [2.05, 4.69) is 17.2 Å². The fourth-order valence-corrected chi connectivity index (χ4v) is 3.73. The number of alkyl carbamates (subject to hydrolysis) is 1. The third-order valence-corrected chi connectivity index (χ3v) is 4.90. The summed E-state index contributed by atoms with van der Waals surface area (Å²) >= 11 is 0. The minimum absolute atomic E-state index is 0.0249. The van der Waals surface area contributed by atoms with Gasteiger partial charge in [0, 0.05) is 18.5 Å². The van der Waals surface area contributed by atoms with E-state index in [4.69, 9.17) is 10.5 Å². The Morgan fingerprint density at radius 3 is 2.06 bits per heavy atom. The molecule has 2 unspecified atom stereocenters. The summed E-state index contributed by atoms with van der Waals surface area (Å²) in [5.41, 5.74) is 6.45. The number of nitrogens with zero attached hydrogens (tertiary/aromatic N) is 1. The summed E-state index contributed by atoms with van der Waals surface area (Å²) < 4.78 is 5.32. The highest BCUT2D eigenvalue weighted by Gasteiger charge is 2.37. The summed E-state index contributed by atoms with van der Waals surface area (Å²) in [5.74, 6) is -1.56. The summed E-state index contributed by atoms with van der Waals surface area (Å²) in [5, 5.41) is 5.52. The fourth-order valence-electron chi connectivity index (χ4n) is 3.73. The molecule has 9 nitrogen and oxygen atoms in total. The molecule has 1 aromatic carbocycles. The van der Waals surface area contributed by atoms with Crippen LogP contribution in [0.25, 0.3) is 0 Å². The zero-order valence-electron chi connectivity index (χ0n) is 22.9. The molecule has 9 heteroatoms. The molecular formula is C27H42N4O5. The molecule has 200 valence electrons. The van der Waals surface area contributed by atoms with Gasteiger partial charge in [-0.15, -0.1) is 6.58 Å². The Hall–Kier alpha value is -3.36. The van der Waals surface area contributed by atoms with Gasteiger partial charge < -0.3 is 26.0 Å². The number of hydrogen-bond donors (Lipinski definition) is 3. The molecule has 1 rings (SSSR count). The largest absolute Gasteiger partial charge is 0.444 e. The molecule has 2 atom stereocenters. The Labute approximate surface area is 214 Å². The van der Waals surface area contributed by atoms with Crippen molar-refractivity contribution in [3.05, 3.63) is 47.5 Å². The number of rotatable bonds is 10. The molecule has 4 N–H and O–H groups in total. The van der Waals surface area contributed by atoms with Crippen molar-refractivity contribution >= 4 is 23.8 Å². The quantitative estimate of drug-likeness (QED) is 0.422. The smallest absolute Gasteiger partial charge is 0.408 e. The van der Waals surface area contributed by atoms with Crippen molar-refractivity contribution in [3.8, 4) is 0 Å². The van der Waals surface area contributed by atoms with Gasteiger partial charge in [0.15, 0.2) is 0 Å². The van der Waals surface area contributed by atoms with E-state index in [1.165, 1.54) is 11.0 Å². The van der Waals surface area contributed by atoms with E-state index in [9.17, 15) is 19.2 Å². The van der Waals surface area contributed by atoms with Crippen LogP contribution in [0.4, 0.5) is 4.79 Å². The van der Waals surface area contributed by atoms with Crippen LogP contribution in [0.2, 0.25) is 0 Å². The minimum atomic E-state index is -1.15. The second kappa shape index (κ2) is 12.6. The van der Waals surface area contributed by atoms with Gasteiger partial charge in [-0.3, -0.25) is 14.4 Å². The highest BCUT2D eigenvalue weighted by atomic mass is 16.6. The van der Waals surface area contributed by atoms with Crippen molar-refractivity contribution in [1.82, 2.24) is 15.5 Å². The third kappa shape index (κ3) is 10.5. The molecule has 0 aromatic heterocycles. The Bertz CT molecular complexity index is 955. The molecule has 0 fully saturated rings. The van der Waals surface area contributed by atoms with Crippen molar-refractivity contribution in [2.75, 3.05) is 6.54 Å². The number of aryl methyl sites for hydroxylation is 2. The number of primary amides is 1. The third-order valence-electron chi connectivity index (χ3n) is 4.90. The predicted molar refractivity (Wildman–Crippen MR) is 140 cm³/mol. The maximum atomic E-state index is 13.9. The molecule has 0 radical (unpaired) electrons. The van der Waals surface area contributed by atoms with Gasteiger partial charge >= 0.3 is 6.09 Å². The van der Waals surface area contributed by atoms with Crippen LogP contribution in [0, 0.1) is 13.8 Å². The van der Waals surface area contributed by atoms with Gasteiger partial charge in [-0.05, 0) is 67.4 Å². The second-order valence-corrected chi connectivity index (χ2v) is 11.0. The standard InChI is InChI=1S/C27H42N4O5/c1-10-13-31(24(34)20(11-12-21(28)32)29-25(35)36-27(7,8)9)22(23(33)30-26(4,5)6)19-15-17(2)14-18(3)16-19/h10,14-16,20,22H,1,11-13H2,2-9H3,(H2,28,32)(H,29,35)(H,30,33). The number of amides is 4. The van der Waals surface area contributed by atoms with Gasteiger partial charge in [0.2, 0.25) is 17.7 Å². The zero-order chi connectivity index (χ0) is 27.8. The van der Waals surface area contributed by atoms with Crippen LogP contribution in [0.3, 0.4) is 0 Å². The molecule has 36 heavy (non-hydrogen) atoms. The zero-order valence-corrected chi connectivity index (χ0v) is 22.9. The first-order valence-electron chi connectivity index (χ1n) is 12.0. The SMILES string of the molecule is C=CCN(C(=O)C(CCC(N)=O)NC(=O)OC(C)(C)C)C(C(=O)NC(C)(C)C)c1cc(C)cc(C)c1. The Balaban J connectivity index is 3.55. The van der Waals surface area contributed by atoms with Crippen LogP contribution in [0.15, 0.2) is 30.9 Å².